The van der Waals surface area contributed by atoms with Gasteiger partial charge in [-0.25, -0.2) is 47.5 Å². The topological polar surface area (TPSA) is 327 Å². The van der Waals surface area contributed by atoms with E-state index < -0.39 is 55.3 Å². The molecule has 25 heteroatoms. The summed E-state index contributed by atoms with van der Waals surface area (Å²) < 4.78 is 79.1. The molecule has 2 unspecified atom stereocenters. The molecule has 0 radical (unpaired) electrons. The van der Waals surface area contributed by atoms with Gasteiger partial charge in [0.25, 0.3) is 0 Å². The van der Waals surface area contributed by atoms with E-state index in [9.17, 15) is 56.4 Å². The Hall–Kier alpha value is -15.4. The summed E-state index contributed by atoms with van der Waals surface area (Å²) in [5.41, 5.74) is 21.4. The minimum Gasteiger partial charge on any atom is -0.488 e. The number of benzene rings is 12. The lowest BCUT2D eigenvalue weighted by Gasteiger charge is -2.15. The first-order valence-corrected chi connectivity index (χ1v) is 52.9. The first-order chi connectivity index (χ1) is 69.0. The van der Waals surface area contributed by atoms with Crippen molar-refractivity contribution in [2.45, 2.75) is 141 Å². The third kappa shape index (κ3) is 21.0. The number of sulfone groups is 1. The monoisotopic (exact) mass is 1980 g/mol. The number of pyridine rings is 4. The molecule has 0 amide bonds. The predicted octanol–water partition coefficient (Wildman–Crippen LogP) is 27.3. The molecule has 8 heterocycles. The van der Waals surface area contributed by atoms with E-state index in [0.29, 0.717) is 121 Å². The largest absolute Gasteiger partial charge is 0.488 e. The average Bonchev–Trinajstić information content (AvgIpc) is 1.75. The molecule has 21 nitrogen and oxygen atoms in total. The lowest BCUT2D eigenvalue weighted by molar-refractivity contribution is 0.0688. The van der Waals surface area contributed by atoms with Gasteiger partial charge in [0, 0.05) is 98.5 Å². The summed E-state index contributed by atoms with van der Waals surface area (Å²) in [6.45, 7) is 16.4. The smallest absolute Gasteiger partial charge is 0.336 e. The van der Waals surface area contributed by atoms with Crippen LogP contribution in [0.5, 0.6) is 11.5 Å². The maximum absolute atomic E-state index is 12.5. The summed E-state index contributed by atoms with van der Waals surface area (Å²) in [5, 5.41) is 47.3. The zero-order chi connectivity index (χ0) is 101. The molecule has 0 aliphatic carbocycles. The van der Waals surface area contributed by atoms with Gasteiger partial charge in [0.2, 0.25) is 0 Å². The van der Waals surface area contributed by atoms with Gasteiger partial charge in [0.1, 0.15) is 58.5 Å². The van der Waals surface area contributed by atoms with E-state index in [2.05, 4.69) is 62.4 Å². The number of para-hydroxylation sites is 3. The van der Waals surface area contributed by atoms with Crippen LogP contribution in [0, 0.1) is 27.7 Å². The van der Waals surface area contributed by atoms with E-state index in [1.54, 1.807) is 84.5 Å². The van der Waals surface area contributed by atoms with Crippen LogP contribution >= 0.6 is 11.3 Å². The summed E-state index contributed by atoms with van der Waals surface area (Å²) in [6, 6.07) is 85.6. The number of carboxylic acid groups (broad SMARTS) is 4. The van der Waals surface area contributed by atoms with Crippen molar-refractivity contribution in [3.05, 3.63) is 373 Å². The quantitative estimate of drug-likeness (QED) is 0.0354. The van der Waals surface area contributed by atoms with Crippen LogP contribution in [0.3, 0.4) is 0 Å². The number of nitrogens with zero attached hydrogens (tertiary/aromatic N) is 4. The van der Waals surface area contributed by atoms with E-state index in [1.165, 1.54) is 27.8 Å². The number of carboxylic acids is 4. The molecular formula is C118H104N4O17S4. The number of hydrogen-bond acceptors (Lipinski definition) is 18. The van der Waals surface area contributed by atoms with Crippen LogP contribution in [0.2, 0.25) is 0 Å². The van der Waals surface area contributed by atoms with Crippen molar-refractivity contribution in [2.24, 2.45) is 0 Å². The molecule has 0 saturated heterocycles. The van der Waals surface area contributed by atoms with Gasteiger partial charge in [0.15, 0.2) is 27.1 Å². The molecule has 0 bridgehead atoms. The Morgan fingerprint density at radius 2 is 0.727 bits per heavy atom. The van der Waals surface area contributed by atoms with Crippen molar-refractivity contribution in [1.29, 1.82) is 0 Å². The molecule has 4 N–H and O–H groups in total. The van der Waals surface area contributed by atoms with Gasteiger partial charge < -0.3 is 43.2 Å². The Morgan fingerprint density at radius 1 is 0.350 bits per heavy atom. The number of aromatic nitrogens is 4. The fraction of sp³-hybridized carbons (Fsp3) is 0.186. The SMILES string of the molecule is CCc1ccc(CCCc2ccccc2)c2c(C(=O)O)cc(-c3sc4ccccc4c3C)nc12.CCc1ccc(CCc2cccc(S(C)=O)c2)c2c(C(=O)O)cc(-c3oc4ccccc4c3C)nc12.CCc1ccc(OCc2ccc(S(C)=O)cc2)c2c(C(=O)O)cc(-c3oc4ccccc4c3C)nc12.CCc1ccc(OCc2cccc(S(C)(=O)=O)c2)c2c(C(=O)O)cc(-c3oc4ccccc4c3C)nc12. The first kappa shape index (κ1) is 99.2. The van der Waals surface area contributed by atoms with Crippen molar-refractivity contribution in [2.75, 3.05) is 18.8 Å². The second-order valence-corrected chi connectivity index (χ2v) is 41.0. The van der Waals surface area contributed by atoms with Crippen LogP contribution in [-0.2, 0) is 96.0 Å². The first-order valence-electron chi connectivity index (χ1n) is 47.1. The second-order valence-electron chi connectivity index (χ2n) is 35.2. The van der Waals surface area contributed by atoms with Crippen molar-refractivity contribution in [3.63, 3.8) is 0 Å². The Balaban J connectivity index is 0.000000131. The fourth-order valence-electron chi connectivity index (χ4n) is 18.5. The number of fused-ring (bicyclic) bond motifs is 8. The zero-order valence-corrected chi connectivity index (χ0v) is 84.0. The van der Waals surface area contributed by atoms with E-state index in [0.717, 1.165) is 164 Å². The van der Waals surface area contributed by atoms with Gasteiger partial charge >= 0.3 is 23.9 Å². The standard InChI is InChI=1S/C30H27NO4S.C30H27NO2S.C29H25NO6S.C29H25NO5S/c1-4-20-14-15-21(13-12-19-8-7-9-22(16-19)36(3)34)27-24(30(32)33)17-25(31-28(20)27)29-18(2)23-10-5-6-11-26(23)35-29;1-3-21-16-17-22(13-9-12-20-10-5-4-6-11-20)27-24(30(32)33)18-25(31-28(21)27)29-19(2)23-14-7-8-15-26(23)34-29;1-4-19-12-13-25(35-16-18-8-7-9-20(14-18)37(3,33)34)26-22(29(31)32)15-23(30-27(19)26)28-17(2)21-10-5-6-11-24(21)36-28;1-4-19-11-14-25(34-16-18-9-12-20(13-10-18)36(3)33)26-22(29(31)32)15-23(30-27(19)26)28-17(2)21-7-5-6-8-24(21)35-28/h5-11,14-17H,4,12-13H2,1-3H3,(H,32,33);4-8,10-11,14-18H,3,9,12-13H2,1-2H3,(H,32,33);5-15H,4,16H2,1-3H3,(H,31,32);5-15H,4,16H2,1-3H3,(H,31,32). The van der Waals surface area contributed by atoms with Gasteiger partial charge in [-0.1, -0.05) is 204 Å². The lowest BCUT2D eigenvalue weighted by atomic mass is 9.93. The number of aromatic carboxylic acids is 4. The molecule has 0 aliphatic heterocycles. The van der Waals surface area contributed by atoms with E-state index in [-0.39, 0.29) is 34.8 Å². The number of ether oxygens (including phenoxy) is 2. The molecule has 0 fully saturated rings. The van der Waals surface area contributed by atoms with Crippen molar-refractivity contribution >= 4 is 153 Å². The Bertz CT molecular complexity index is 8550. The number of thiophene rings is 1. The van der Waals surface area contributed by atoms with Crippen molar-refractivity contribution in [3.8, 4) is 56.4 Å². The number of aryl methyl sites for hydroxylation is 12. The van der Waals surface area contributed by atoms with E-state index >= 15 is 0 Å². The molecule has 722 valence electrons. The summed E-state index contributed by atoms with van der Waals surface area (Å²) in [5.74, 6) is -1.58. The van der Waals surface area contributed by atoms with Gasteiger partial charge in [-0.15, -0.1) is 11.3 Å². The highest BCUT2D eigenvalue weighted by molar-refractivity contribution is 7.90. The lowest BCUT2D eigenvalue weighted by Crippen LogP contribution is -2.05. The molecule has 0 saturated carbocycles. The van der Waals surface area contributed by atoms with Crippen LogP contribution in [0.25, 0.3) is 132 Å². The normalized spacial score (nSPS) is 11.9. The fourth-order valence-corrected chi connectivity index (χ4v) is 21.5. The molecule has 20 rings (SSSR count). The number of hydrogen-bond donors (Lipinski definition) is 4. The Morgan fingerprint density at radius 3 is 1.17 bits per heavy atom. The van der Waals surface area contributed by atoms with Crippen molar-refractivity contribution in [1.82, 2.24) is 19.9 Å². The molecule has 8 aromatic heterocycles. The van der Waals surface area contributed by atoms with Gasteiger partial charge in [-0.2, -0.15) is 0 Å². The third-order valence-corrected chi connectivity index (χ3v) is 30.3. The van der Waals surface area contributed by atoms with Crippen molar-refractivity contribution < 1.29 is 79.2 Å². The van der Waals surface area contributed by atoms with Gasteiger partial charge in [0.05, 0.1) is 70.6 Å². The Labute approximate surface area is 835 Å². The maximum Gasteiger partial charge on any atom is 0.336 e. The molecule has 2 atom stereocenters. The number of furan rings is 3. The number of rotatable bonds is 28. The number of carbonyl (C=O) groups is 4. The highest BCUT2D eigenvalue weighted by Gasteiger charge is 2.29. The summed E-state index contributed by atoms with van der Waals surface area (Å²) in [4.78, 5) is 72.5. The molecule has 143 heavy (non-hydrogen) atoms. The molecule has 0 spiro atoms. The predicted molar refractivity (Wildman–Crippen MR) is 569 cm³/mol. The highest BCUT2D eigenvalue weighted by atomic mass is 32.2. The summed E-state index contributed by atoms with van der Waals surface area (Å²) in [6.07, 6.45) is 11.4. The maximum atomic E-state index is 12.5. The van der Waals surface area contributed by atoms with Gasteiger partial charge in [-0.3, -0.25) is 8.42 Å². The zero-order valence-electron chi connectivity index (χ0n) is 80.8. The minimum absolute atomic E-state index is 0.0510. The van der Waals surface area contributed by atoms with Crippen LogP contribution < -0.4 is 9.47 Å². The molecular weight excluding hydrogens is 1870 g/mol. The van der Waals surface area contributed by atoms with E-state index in [4.69, 9.17) is 42.7 Å². The summed E-state index contributed by atoms with van der Waals surface area (Å²) in [7, 11) is -5.47. The van der Waals surface area contributed by atoms with Gasteiger partial charge in [-0.05, 0) is 249 Å². The minimum atomic E-state index is -3.37. The Kier molecular flexibility index (Phi) is 29.8. The summed E-state index contributed by atoms with van der Waals surface area (Å²) >= 11 is 1.68. The van der Waals surface area contributed by atoms with Crippen LogP contribution in [0.15, 0.2) is 301 Å². The van der Waals surface area contributed by atoms with Crippen LogP contribution in [-0.4, -0.2) is 99.8 Å². The van der Waals surface area contributed by atoms with Crippen LogP contribution in [0.4, 0.5) is 0 Å². The third-order valence-electron chi connectivity index (χ3n) is 26.1. The molecule has 12 aromatic carbocycles. The highest BCUT2D eigenvalue weighted by Crippen LogP contribution is 2.45. The average molecular weight is 1980 g/mol. The second kappa shape index (κ2) is 43.0. The molecule has 20 aromatic rings. The molecule has 0 aliphatic rings. The van der Waals surface area contributed by atoms with E-state index in [1.807, 2.05) is 193 Å². The van der Waals surface area contributed by atoms with Crippen LogP contribution in [0.1, 0.15) is 153 Å².